The number of hydrogen-bond donors (Lipinski definition) is 1. The standard InChI is InChI=1S/C21H17NO2/c23-21(24-14-15-7-2-1-3-8-15)18-11-6-10-17-13-16-9-4-5-12-19(16)22-20(17)18/h1-12,22H,13-14H2. The molecular weight excluding hydrogens is 298 g/mol. The summed E-state index contributed by atoms with van der Waals surface area (Å²) in [6, 6.07) is 23.6. The quantitative estimate of drug-likeness (QED) is 0.557. The molecule has 1 heterocycles. The molecule has 3 aromatic carbocycles. The molecule has 3 nitrogen and oxygen atoms in total. The Bertz CT molecular complexity index is 887. The fraction of sp³-hybridized carbons (Fsp3) is 0.0952. The van der Waals surface area contributed by atoms with Crippen LogP contribution in [0.25, 0.3) is 0 Å². The predicted molar refractivity (Wildman–Crippen MR) is 94.5 cm³/mol. The maximum atomic E-state index is 12.5. The summed E-state index contributed by atoms with van der Waals surface area (Å²) in [6.45, 7) is 0.278. The minimum absolute atomic E-state index is 0.278. The van der Waals surface area contributed by atoms with Crippen molar-refractivity contribution in [3.05, 3.63) is 95.1 Å². The Balaban J connectivity index is 1.58. The molecule has 0 spiro atoms. The smallest absolute Gasteiger partial charge is 0.340 e. The number of anilines is 2. The molecule has 0 aliphatic carbocycles. The van der Waals surface area contributed by atoms with Crippen LogP contribution in [-0.4, -0.2) is 5.97 Å². The van der Waals surface area contributed by atoms with Gasteiger partial charge in [-0.05, 0) is 28.8 Å². The van der Waals surface area contributed by atoms with Crippen LogP contribution in [0.5, 0.6) is 0 Å². The average molecular weight is 315 g/mol. The number of carbonyl (C=O) groups excluding carboxylic acids is 1. The maximum absolute atomic E-state index is 12.5. The topological polar surface area (TPSA) is 38.3 Å². The van der Waals surface area contributed by atoms with Gasteiger partial charge in [0.25, 0.3) is 0 Å². The summed E-state index contributed by atoms with van der Waals surface area (Å²) in [6.07, 6.45) is 0.818. The summed E-state index contributed by atoms with van der Waals surface area (Å²) >= 11 is 0. The van der Waals surface area contributed by atoms with Crippen LogP contribution >= 0.6 is 0 Å². The molecule has 0 fully saturated rings. The molecule has 1 aliphatic rings. The van der Waals surface area contributed by atoms with Crippen LogP contribution in [0.15, 0.2) is 72.8 Å². The number of nitrogens with one attached hydrogen (secondary N) is 1. The van der Waals surface area contributed by atoms with Crippen molar-refractivity contribution in [1.29, 1.82) is 0 Å². The zero-order valence-electron chi connectivity index (χ0n) is 13.2. The number of fused-ring (bicyclic) bond motifs is 2. The van der Waals surface area contributed by atoms with E-state index in [2.05, 4.69) is 11.4 Å². The van der Waals surface area contributed by atoms with E-state index >= 15 is 0 Å². The Morgan fingerprint density at radius 1 is 0.875 bits per heavy atom. The van der Waals surface area contributed by atoms with Gasteiger partial charge in [-0.15, -0.1) is 0 Å². The first-order valence-electron chi connectivity index (χ1n) is 7.99. The number of carbonyl (C=O) groups is 1. The van der Waals surface area contributed by atoms with Crippen molar-refractivity contribution in [2.24, 2.45) is 0 Å². The third kappa shape index (κ3) is 2.76. The third-order valence-corrected chi connectivity index (χ3v) is 4.24. The number of hydrogen-bond acceptors (Lipinski definition) is 3. The monoisotopic (exact) mass is 315 g/mol. The van der Waals surface area contributed by atoms with Gasteiger partial charge in [-0.25, -0.2) is 4.79 Å². The van der Waals surface area contributed by atoms with Crippen LogP contribution in [0.4, 0.5) is 11.4 Å². The Labute approximate surface area is 140 Å². The lowest BCUT2D eigenvalue weighted by Gasteiger charge is -2.23. The first-order chi connectivity index (χ1) is 11.8. The van der Waals surface area contributed by atoms with Gasteiger partial charge in [-0.2, -0.15) is 0 Å². The van der Waals surface area contributed by atoms with Gasteiger partial charge in [-0.3, -0.25) is 0 Å². The highest BCUT2D eigenvalue weighted by Crippen LogP contribution is 2.35. The molecule has 4 rings (SSSR count). The number of rotatable bonds is 3. The van der Waals surface area contributed by atoms with Gasteiger partial charge in [0.15, 0.2) is 0 Å². The molecule has 118 valence electrons. The van der Waals surface area contributed by atoms with Gasteiger partial charge in [0.1, 0.15) is 6.61 Å². The van der Waals surface area contributed by atoms with Crippen molar-refractivity contribution in [2.75, 3.05) is 5.32 Å². The lowest BCUT2D eigenvalue weighted by atomic mass is 9.95. The van der Waals surface area contributed by atoms with Gasteiger partial charge < -0.3 is 10.1 Å². The summed E-state index contributed by atoms with van der Waals surface area (Å²) < 4.78 is 5.49. The van der Waals surface area contributed by atoms with Crippen LogP contribution in [0.3, 0.4) is 0 Å². The normalized spacial score (nSPS) is 11.8. The molecule has 0 atom stereocenters. The highest BCUT2D eigenvalue weighted by atomic mass is 16.5. The number of para-hydroxylation sites is 2. The minimum atomic E-state index is -0.303. The zero-order valence-corrected chi connectivity index (χ0v) is 13.2. The second-order valence-corrected chi connectivity index (χ2v) is 5.86. The molecule has 0 saturated carbocycles. The number of ether oxygens (including phenoxy) is 1. The molecular formula is C21H17NO2. The highest BCUT2D eigenvalue weighted by Gasteiger charge is 2.21. The van der Waals surface area contributed by atoms with E-state index < -0.39 is 0 Å². The number of benzene rings is 3. The largest absolute Gasteiger partial charge is 0.457 e. The summed E-state index contributed by atoms with van der Waals surface area (Å²) in [5.74, 6) is -0.303. The molecule has 24 heavy (non-hydrogen) atoms. The van der Waals surface area contributed by atoms with Crippen LogP contribution in [-0.2, 0) is 17.8 Å². The minimum Gasteiger partial charge on any atom is -0.457 e. The van der Waals surface area contributed by atoms with Crippen molar-refractivity contribution in [1.82, 2.24) is 0 Å². The molecule has 0 bridgehead atoms. The maximum Gasteiger partial charge on any atom is 0.340 e. The summed E-state index contributed by atoms with van der Waals surface area (Å²) in [7, 11) is 0. The molecule has 3 aromatic rings. The molecule has 1 N–H and O–H groups in total. The van der Waals surface area contributed by atoms with E-state index in [1.165, 1.54) is 5.56 Å². The molecule has 0 unspecified atom stereocenters. The van der Waals surface area contributed by atoms with Crippen molar-refractivity contribution in [2.45, 2.75) is 13.0 Å². The first-order valence-corrected chi connectivity index (χ1v) is 7.99. The zero-order chi connectivity index (χ0) is 16.4. The van der Waals surface area contributed by atoms with E-state index in [1.54, 1.807) is 0 Å². The summed E-state index contributed by atoms with van der Waals surface area (Å²) in [5.41, 5.74) is 5.82. The lowest BCUT2D eigenvalue weighted by Crippen LogP contribution is -2.13. The summed E-state index contributed by atoms with van der Waals surface area (Å²) in [4.78, 5) is 12.5. The Morgan fingerprint density at radius 2 is 1.62 bits per heavy atom. The molecule has 0 saturated heterocycles. The fourth-order valence-electron chi connectivity index (χ4n) is 3.00. The molecule has 0 amide bonds. The Hall–Kier alpha value is -3.07. The molecule has 0 aromatic heterocycles. The van der Waals surface area contributed by atoms with Crippen molar-refractivity contribution in [3.63, 3.8) is 0 Å². The Morgan fingerprint density at radius 3 is 2.50 bits per heavy atom. The second kappa shape index (κ2) is 6.20. The van der Waals surface area contributed by atoms with E-state index in [0.717, 1.165) is 28.9 Å². The highest BCUT2D eigenvalue weighted by molar-refractivity contribution is 5.98. The van der Waals surface area contributed by atoms with Crippen LogP contribution in [0.2, 0.25) is 0 Å². The predicted octanol–water partition coefficient (Wildman–Crippen LogP) is 4.69. The van der Waals surface area contributed by atoms with Gasteiger partial charge in [0, 0.05) is 12.1 Å². The third-order valence-electron chi connectivity index (χ3n) is 4.24. The van der Waals surface area contributed by atoms with Crippen molar-refractivity contribution in [3.8, 4) is 0 Å². The van der Waals surface area contributed by atoms with E-state index in [9.17, 15) is 4.79 Å². The van der Waals surface area contributed by atoms with E-state index in [-0.39, 0.29) is 12.6 Å². The molecule has 0 radical (unpaired) electrons. The SMILES string of the molecule is O=C(OCc1ccccc1)c1cccc2c1Nc1ccccc1C2. The van der Waals surface area contributed by atoms with E-state index in [4.69, 9.17) is 4.74 Å². The Kier molecular flexibility index (Phi) is 3.75. The van der Waals surface area contributed by atoms with Crippen LogP contribution in [0.1, 0.15) is 27.0 Å². The van der Waals surface area contributed by atoms with Gasteiger partial charge in [0.05, 0.1) is 11.3 Å². The summed E-state index contributed by atoms with van der Waals surface area (Å²) in [5, 5.41) is 3.39. The first kappa shape index (κ1) is 14.5. The van der Waals surface area contributed by atoms with Gasteiger partial charge in [-0.1, -0.05) is 60.7 Å². The van der Waals surface area contributed by atoms with E-state index in [1.807, 2.05) is 66.7 Å². The number of esters is 1. The van der Waals surface area contributed by atoms with Gasteiger partial charge >= 0.3 is 5.97 Å². The lowest BCUT2D eigenvalue weighted by molar-refractivity contribution is 0.0474. The molecule has 1 aliphatic heterocycles. The second-order valence-electron chi connectivity index (χ2n) is 5.86. The van der Waals surface area contributed by atoms with Crippen LogP contribution < -0.4 is 5.32 Å². The average Bonchev–Trinajstić information content (AvgIpc) is 2.64. The van der Waals surface area contributed by atoms with Crippen LogP contribution in [0, 0.1) is 0 Å². The fourth-order valence-corrected chi connectivity index (χ4v) is 3.00. The van der Waals surface area contributed by atoms with E-state index in [0.29, 0.717) is 5.56 Å². The van der Waals surface area contributed by atoms with Gasteiger partial charge in [0.2, 0.25) is 0 Å². The van der Waals surface area contributed by atoms with Crippen molar-refractivity contribution >= 4 is 17.3 Å². The van der Waals surface area contributed by atoms with Crippen molar-refractivity contribution < 1.29 is 9.53 Å². The molecule has 3 heteroatoms.